The second-order valence-corrected chi connectivity index (χ2v) is 3.53. The van der Waals surface area contributed by atoms with Crippen LogP contribution in [0.3, 0.4) is 0 Å². The summed E-state index contributed by atoms with van der Waals surface area (Å²) in [7, 11) is 0. The first-order chi connectivity index (χ1) is 5.86. The third-order valence-corrected chi connectivity index (χ3v) is 2.36. The monoisotopic (exact) mass is 179 g/mol. The molecule has 0 atom stereocenters. The van der Waals surface area contributed by atoms with Crippen LogP contribution in [0.15, 0.2) is 28.3 Å². The number of aliphatic imine (C=N–C) groups is 1. The molecule has 1 aliphatic rings. The molecule has 0 fully saturated rings. The van der Waals surface area contributed by atoms with E-state index < -0.39 is 0 Å². The minimum Gasteiger partial charge on any atom is -0.344 e. The molecular weight excluding hydrogens is 170 g/mol. The molecule has 0 aliphatic carbocycles. The Bertz CT molecular complexity index is 324. The zero-order valence-corrected chi connectivity index (χ0v) is 7.56. The standard InChI is InChI=1S/C8H9N3S/c1-6-4-10-7(11-5-6)8-9-2-3-12-8/h2-4H,5H2,1H3,(H,10,11). The first-order valence-electron chi connectivity index (χ1n) is 3.73. The van der Waals surface area contributed by atoms with Gasteiger partial charge in [-0.2, -0.15) is 0 Å². The average molecular weight is 179 g/mol. The molecule has 0 saturated carbocycles. The molecule has 0 radical (unpaired) electrons. The topological polar surface area (TPSA) is 37.3 Å². The van der Waals surface area contributed by atoms with E-state index in [-0.39, 0.29) is 0 Å². The maximum absolute atomic E-state index is 4.34. The SMILES string of the molecule is CC1=CNC(c2nccs2)=NC1. The molecule has 2 rings (SSSR count). The molecule has 1 aromatic rings. The van der Waals surface area contributed by atoms with Gasteiger partial charge in [-0.1, -0.05) is 0 Å². The minimum atomic E-state index is 0.780. The van der Waals surface area contributed by atoms with E-state index in [1.807, 2.05) is 11.6 Å². The van der Waals surface area contributed by atoms with Crippen LogP contribution in [-0.4, -0.2) is 17.4 Å². The van der Waals surface area contributed by atoms with E-state index in [1.54, 1.807) is 17.5 Å². The average Bonchev–Trinajstić information content (AvgIpc) is 2.58. The number of thiazole rings is 1. The Labute approximate surface area is 74.9 Å². The predicted molar refractivity (Wildman–Crippen MR) is 50.4 cm³/mol. The van der Waals surface area contributed by atoms with Crippen LogP contribution >= 0.6 is 11.3 Å². The molecular formula is C8H9N3S. The lowest BCUT2D eigenvalue weighted by atomic mass is 10.3. The van der Waals surface area contributed by atoms with Crippen molar-refractivity contribution >= 4 is 17.2 Å². The molecule has 62 valence electrons. The molecule has 3 nitrogen and oxygen atoms in total. The van der Waals surface area contributed by atoms with E-state index in [0.29, 0.717) is 0 Å². The van der Waals surface area contributed by atoms with Crippen LogP contribution in [0, 0.1) is 0 Å². The normalized spacial score (nSPS) is 16.4. The van der Waals surface area contributed by atoms with Crippen molar-refractivity contribution in [2.45, 2.75) is 6.92 Å². The summed E-state index contributed by atoms with van der Waals surface area (Å²) in [6.07, 6.45) is 3.76. The van der Waals surface area contributed by atoms with E-state index in [0.717, 1.165) is 17.4 Å². The van der Waals surface area contributed by atoms with Crippen molar-refractivity contribution in [1.82, 2.24) is 10.3 Å². The van der Waals surface area contributed by atoms with Gasteiger partial charge in [0.2, 0.25) is 0 Å². The number of hydrogen-bond acceptors (Lipinski definition) is 4. The predicted octanol–water partition coefficient (Wildman–Crippen LogP) is 1.40. The van der Waals surface area contributed by atoms with Gasteiger partial charge in [0.15, 0.2) is 10.8 Å². The Morgan fingerprint density at radius 3 is 3.08 bits per heavy atom. The summed E-state index contributed by atoms with van der Waals surface area (Å²) in [4.78, 5) is 8.50. The van der Waals surface area contributed by atoms with Crippen LogP contribution in [0.2, 0.25) is 0 Å². The fourth-order valence-electron chi connectivity index (χ4n) is 0.956. The van der Waals surface area contributed by atoms with E-state index in [4.69, 9.17) is 0 Å². The number of rotatable bonds is 1. The van der Waals surface area contributed by atoms with Gasteiger partial charge in [0.25, 0.3) is 0 Å². The highest BCUT2D eigenvalue weighted by Gasteiger charge is 2.07. The quantitative estimate of drug-likeness (QED) is 0.707. The van der Waals surface area contributed by atoms with Gasteiger partial charge in [0.1, 0.15) is 0 Å². The van der Waals surface area contributed by atoms with E-state index in [2.05, 4.69) is 22.2 Å². The molecule has 2 heterocycles. The number of aromatic nitrogens is 1. The van der Waals surface area contributed by atoms with Crippen molar-refractivity contribution in [3.05, 3.63) is 28.4 Å². The van der Waals surface area contributed by atoms with E-state index in [1.165, 1.54) is 5.57 Å². The maximum atomic E-state index is 4.34. The summed E-state index contributed by atoms with van der Waals surface area (Å²) >= 11 is 1.60. The Balaban J connectivity index is 2.19. The summed E-state index contributed by atoms with van der Waals surface area (Å²) in [5, 5.41) is 6.01. The summed E-state index contributed by atoms with van der Waals surface area (Å²) in [5.74, 6) is 0.885. The first-order valence-corrected chi connectivity index (χ1v) is 4.61. The second-order valence-electron chi connectivity index (χ2n) is 2.64. The Hall–Kier alpha value is -1.16. The highest BCUT2D eigenvalue weighted by Crippen LogP contribution is 2.07. The number of hydrogen-bond donors (Lipinski definition) is 1. The van der Waals surface area contributed by atoms with Crippen molar-refractivity contribution in [3.63, 3.8) is 0 Å². The zero-order valence-electron chi connectivity index (χ0n) is 6.74. The van der Waals surface area contributed by atoms with Gasteiger partial charge in [-0.25, -0.2) is 4.98 Å². The van der Waals surface area contributed by atoms with E-state index >= 15 is 0 Å². The van der Waals surface area contributed by atoms with Crippen molar-refractivity contribution < 1.29 is 0 Å². The molecule has 0 unspecified atom stereocenters. The zero-order chi connectivity index (χ0) is 8.39. The molecule has 0 bridgehead atoms. The van der Waals surface area contributed by atoms with Crippen molar-refractivity contribution in [2.24, 2.45) is 4.99 Å². The van der Waals surface area contributed by atoms with Crippen molar-refractivity contribution in [1.29, 1.82) is 0 Å². The van der Waals surface area contributed by atoms with Crippen LogP contribution in [-0.2, 0) is 0 Å². The van der Waals surface area contributed by atoms with Gasteiger partial charge in [0, 0.05) is 17.8 Å². The molecule has 1 N–H and O–H groups in total. The van der Waals surface area contributed by atoms with Crippen LogP contribution in [0.5, 0.6) is 0 Å². The molecule has 12 heavy (non-hydrogen) atoms. The smallest absolute Gasteiger partial charge is 0.162 e. The number of amidine groups is 1. The number of nitrogens with zero attached hydrogens (tertiary/aromatic N) is 2. The van der Waals surface area contributed by atoms with Gasteiger partial charge < -0.3 is 5.32 Å². The summed E-state index contributed by atoms with van der Waals surface area (Å²) in [5.41, 5.74) is 1.25. The number of nitrogens with one attached hydrogen (secondary N) is 1. The Morgan fingerprint density at radius 1 is 1.58 bits per heavy atom. The Kier molecular flexibility index (Phi) is 1.91. The third kappa shape index (κ3) is 1.38. The van der Waals surface area contributed by atoms with Crippen molar-refractivity contribution in [3.8, 4) is 0 Å². The van der Waals surface area contributed by atoms with Gasteiger partial charge >= 0.3 is 0 Å². The lowest BCUT2D eigenvalue weighted by molar-refractivity contribution is 1.02. The summed E-state index contributed by atoms with van der Waals surface area (Å²) < 4.78 is 0. The molecule has 1 aliphatic heterocycles. The van der Waals surface area contributed by atoms with Gasteiger partial charge in [0.05, 0.1) is 6.54 Å². The van der Waals surface area contributed by atoms with Gasteiger partial charge in [-0.15, -0.1) is 11.3 Å². The molecule has 0 amide bonds. The van der Waals surface area contributed by atoms with Crippen LogP contribution in [0.25, 0.3) is 0 Å². The molecule has 1 aromatic heterocycles. The van der Waals surface area contributed by atoms with Crippen LogP contribution in [0.1, 0.15) is 11.9 Å². The maximum Gasteiger partial charge on any atom is 0.162 e. The molecule has 0 spiro atoms. The minimum absolute atomic E-state index is 0.780. The first kappa shape index (κ1) is 7.49. The highest BCUT2D eigenvalue weighted by molar-refractivity contribution is 7.11. The van der Waals surface area contributed by atoms with Gasteiger partial charge in [-0.05, 0) is 12.5 Å². The highest BCUT2D eigenvalue weighted by atomic mass is 32.1. The van der Waals surface area contributed by atoms with E-state index in [9.17, 15) is 0 Å². The second kappa shape index (κ2) is 3.06. The molecule has 0 aromatic carbocycles. The largest absolute Gasteiger partial charge is 0.344 e. The lowest BCUT2D eigenvalue weighted by Gasteiger charge is -2.09. The van der Waals surface area contributed by atoms with Crippen molar-refractivity contribution in [2.75, 3.05) is 6.54 Å². The van der Waals surface area contributed by atoms with Gasteiger partial charge in [-0.3, -0.25) is 4.99 Å². The summed E-state index contributed by atoms with van der Waals surface area (Å²) in [6.45, 7) is 2.83. The van der Waals surface area contributed by atoms with Crippen LogP contribution in [0.4, 0.5) is 0 Å². The molecule has 4 heteroatoms. The fourth-order valence-corrected chi connectivity index (χ4v) is 1.56. The Morgan fingerprint density at radius 2 is 2.50 bits per heavy atom. The molecule has 0 saturated heterocycles. The van der Waals surface area contributed by atoms with Crippen LogP contribution < -0.4 is 5.32 Å². The summed E-state index contributed by atoms with van der Waals surface area (Å²) in [6, 6.07) is 0. The fraction of sp³-hybridized carbons (Fsp3) is 0.250. The lowest BCUT2D eigenvalue weighted by Crippen LogP contribution is -2.23. The third-order valence-electron chi connectivity index (χ3n) is 1.58.